The molecule has 0 radical (unpaired) electrons. The number of aryl methyl sites for hydroxylation is 1. The van der Waals surface area contributed by atoms with Crippen LogP contribution in [0.3, 0.4) is 0 Å². The van der Waals surface area contributed by atoms with Crippen molar-refractivity contribution in [3.8, 4) is 17.2 Å². The number of aromatic nitrogens is 2. The van der Waals surface area contributed by atoms with E-state index in [-0.39, 0.29) is 0 Å². The first kappa shape index (κ1) is 13.5. The van der Waals surface area contributed by atoms with E-state index >= 15 is 0 Å². The van der Waals surface area contributed by atoms with Crippen LogP contribution in [-0.2, 0) is 6.42 Å². The molecular weight excluding hydrogens is 242 g/mol. The minimum absolute atomic E-state index is 0.557. The number of methoxy groups -OCH3 is 1. The third kappa shape index (κ3) is 3.79. The number of ether oxygens (including phenoxy) is 1. The third-order valence-electron chi connectivity index (χ3n) is 2.80. The zero-order valence-electron chi connectivity index (χ0n) is 11.3. The van der Waals surface area contributed by atoms with Gasteiger partial charge < -0.3 is 14.5 Å². The lowest BCUT2D eigenvalue weighted by atomic mass is 10.2. The van der Waals surface area contributed by atoms with Crippen molar-refractivity contribution < 1.29 is 9.15 Å². The molecule has 0 fully saturated rings. The highest BCUT2D eigenvalue weighted by Crippen LogP contribution is 2.21. The fourth-order valence-corrected chi connectivity index (χ4v) is 1.75. The number of rotatable bonds is 7. The molecule has 0 saturated carbocycles. The molecule has 0 saturated heterocycles. The summed E-state index contributed by atoms with van der Waals surface area (Å²) >= 11 is 0. The van der Waals surface area contributed by atoms with Crippen molar-refractivity contribution >= 4 is 0 Å². The summed E-state index contributed by atoms with van der Waals surface area (Å²) < 4.78 is 10.7. The summed E-state index contributed by atoms with van der Waals surface area (Å²) in [5, 5.41) is 11.4. The highest BCUT2D eigenvalue weighted by Gasteiger charge is 2.08. The van der Waals surface area contributed by atoms with Gasteiger partial charge in [-0.2, -0.15) is 0 Å². The van der Waals surface area contributed by atoms with Gasteiger partial charge in [-0.3, -0.25) is 0 Å². The Labute approximate surface area is 113 Å². The highest BCUT2D eigenvalue weighted by atomic mass is 16.5. The Morgan fingerprint density at radius 2 is 2.00 bits per heavy atom. The van der Waals surface area contributed by atoms with Crippen LogP contribution < -0.4 is 10.1 Å². The maximum Gasteiger partial charge on any atom is 0.247 e. The molecule has 19 heavy (non-hydrogen) atoms. The second-order valence-corrected chi connectivity index (χ2v) is 4.19. The first-order valence-electron chi connectivity index (χ1n) is 6.51. The Balaban J connectivity index is 1.95. The fraction of sp³-hybridized carbons (Fsp3) is 0.429. The fourth-order valence-electron chi connectivity index (χ4n) is 1.75. The standard InChI is InChI=1S/C14H19N3O2/c1-3-15-10-4-5-13-16-17-14(19-13)11-6-8-12(18-2)9-7-11/h6-9,15H,3-5,10H2,1-2H3. The molecule has 2 rings (SSSR count). The van der Waals surface area contributed by atoms with E-state index in [4.69, 9.17) is 9.15 Å². The summed E-state index contributed by atoms with van der Waals surface area (Å²) in [4.78, 5) is 0. The Bertz CT molecular complexity index is 494. The van der Waals surface area contributed by atoms with Crippen molar-refractivity contribution in [2.24, 2.45) is 0 Å². The number of hydrogen-bond donors (Lipinski definition) is 1. The molecular formula is C14H19N3O2. The lowest BCUT2D eigenvalue weighted by Gasteiger charge is -1.99. The Kier molecular flexibility index (Phi) is 4.92. The molecule has 0 atom stereocenters. The average Bonchev–Trinajstić information content (AvgIpc) is 2.92. The molecule has 0 aliphatic rings. The van der Waals surface area contributed by atoms with Crippen LogP contribution in [0.1, 0.15) is 19.2 Å². The van der Waals surface area contributed by atoms with Gasteiger partial charge in [0.05, 0.1) is 7.11 Å². The number of nitrogens with zero attached hydrogens (tertiary/aromatic N) is 2. The van der Waals surface area contributed by atoms with E-state index in [2.05, 4.69) is 22.4 Å². The maximum atomic E-state index is 5.63. The molecule has 0 aliphatic heterocycles. The summed E-state index contributed by atoms with van der Waals surface area (Å²) in [5.41, 5.74) is 0.909. The quantitative estimate of drug-likeness (QED) is 0.775. The van der Waals surface area contributed by atoms with Gasteiger partial charge in [0.1, 0.15) is 5.75 Å². The van der Waals surface area contributed by atoms with Gasteiger partial charge in [0.2, 0.25) is 11.8 Å². The predicted molar refractivity (Wildman–Crippen MR) is 73.2 cm³/mol. The van der Waals surface area contributed by atoms with Crippen LogP contribution in [0.4, 0.5) is 0 Å². The molecule has 0 unspecified atom stereocenters. The summed E-state index contributed by atoms with van der Waals surface area (Å²) in [6.07, 6.45) is 1.80. The van der Waals surface area contributed by atoms with E-state index in [1.165, 1.54) is 0 Å². The van der Waals surface area contributed by atoms with Gasteiger partial charge in [-0.15, -0.1) is 10.2 Å². The first-order valence-corrected chi connectivity index (χ1v) is 6.51. The topological polar surface area (TPSA) is 60.2 Å². The van der Waals surface area contributed by atoms with Crippen LogP contribution in [0.15, 0.2) is 28.7 Å². The summed E-state index contributed by atoms with van der Waals surface area (Å²) in [7, 11) is 1.64. The van der Waals surface area contributed by atoms with E-state index in [0.717, 1.165) is 37.2 Å². The SMILES string of the molecule is CCNCCCc1nnc(-c2ccc(OC)cc2)o1. The monoisotopic (exact) mass is 261 g/mol. The molecule has 2 aromatic rings. The smallest absolute Gasteiger partial charge is 0.247 e. The average molecular weight is 261 g/mol. The van der Waals surface area contributed by atoms with Crippen LogP contribution in [-0.4, -0.2) is 30.4 Å². The van der Waals surface area contributed by atoms with E-state index in [1.807, 2.05) is 24.3 Å². The molecule has 0 aliphatic carbocycles. The predicted octanol–water partition coefficient (Wildman–Crippen LogP) is 2.29. The number of benzene rings is 1. The minimum atomic E-state index is 0.557. The molecule has 0 spiro atoms. The third-order valence-corrected chi connectivity index (χ3v) is 2.80. The summed E-state index contributed by atoms with van der Waals surface area (Å²) in [5.74, 6) is 2.05. The molecule has 0 bridgehead atoms. The Morgan fingerprint density at radius 1 is 1.21 bits per heavy atom. The zero-order chi connectivity index (χ0) is 13.5. The minimum Gasteiger partial charge on any atom is -0.497 e. The molecule has 1 N–H and O–H groups in total. The van der Waals surface area contributed by atoms with Gasteiger partial charge in [0.25, 0.3) is 0 Å². The van der Waals surface area contributed by atoms with Crippen LogP contribution >= 0.6 is 0 Å². The Hall–Kier alpha value is -1.88. The molecule has 1 heterocycles. The first-order chi connectivity index (χ1) is 9.33. The highest BCUT2D eigenvalue weighted by molar-refractivity contribution is 5.53. The summed E-state index contributed by atoms with van der Waals surface area (Å²) in [6, 6.07) is 7.58. The van der Waals surface area contributed by atoms with E-state index in [0.29, 0.717) is 11.8 Å². The number of hydrogen-bond acceptors (Lipinski definition) is 5. The molecule has 102 valence electrons. The second-order valence-electron chi connectivity index (χ2n) is 4.19. The summed E-state index contributed by atoms with van der Waals surface area (Å²) in [6.45, 7) is 4.05. The molecule has 0 amide bonds. The van der Waals surface area contributed by atoms with Crippen molar-refractivity contribution in [3.63, 3.8) is 0 Å². The zero-order valence-corrected chi connectivity index (χ0v) is 11.3. The van der Waals surface area contributed by atoms with Gasteiger partial charge in [0.15, 0.2) is 0 Å². The van der Waals surface area contributed by atoms with Gasteiger partial charge in [-0.25, -0.2) is 0 Å². The van der Waals surface area contributed by atoms with Crippen molar-refractivity contribution in [2.45, 2.75) is 19.8 Å². The van der Waals surface area contributed by atoms with Crippen LogP contribution in [0, 0.1) is 0 Å². The van der Waals surface area contributed by atoms with Gasteiger partial charge in [0, 0.05) is 12.0 Å². The van der Waals surface area contributed by atoms with E-state index in [9.17, 15) is 0 Å². The van der Waals surface area contributed by atoms with Crippen molar-refractivity contribution in [1.29, 1.82) is 0 Å². The Morgan fingerprint density at radius 3 is 2.68 bits per heavy atom. The van der Waals surface area contributed by atoms with Crippen LogP contribution in [0.5, 0.6) is 5.75 Å². The van der Waals surface area contributed by atoms with Gasteiger partial charge in [-0.1, -0.05) is 6.92 Å². The van der Waals surface area contributed by atoms with Crippen molar-refractivity contribution in [2.75, 3.05) is 20.2 Å². The normalized spacial score (nSPS) is 10.6. The van der Waals surface area contributed by atoms with Crippen LogP contribution in [0.2, 0.25) is 0 Å². The molecule has 5 heteroatoms. The molecule has 1 aromatic carbocycles. The number of nitrogens with one attached hydrogen (secondary N) is 1. The van der Waals surface area contributed by atoms with Crippen molar-refractivity contribution in [1.82, 2.24) is 15.5 Å². The van der Waals surface area contributed by atoms with E-state index in [1.54, 1.807) is 7.11 Å². The van der Waals surface area contributed by atoms with Crippen LogP contribution in [0.25, 0.3) is 11.5 Å². The van der Waals surface area contributed by atoms with E-state index < -0.39 is 0 Å². The molecule has 5 nitrogen and oxygen atoms in total. The lowest BCUT2D eigenvalue weighted by Crippen LogP contribution is -2.14. The maximum absolute atomic E-state index is 5.63. The van der Waals surface area contributed by atoms with Gasteiger partial charge in [-0.05, 0) is 43.8 Å². The lowest BCUT2D eigenvalue weighted by molar-refractivity contribution is 0.415. The second kappa shape index (κ2) is 6.89. The van der Waals surface area contributed by atoms with Gasteiger partial charge >= 0.3 is 0 Å². The van der Waals surface area contributed by atoms with Crippen molar-refractivity contribution in [3.05, 3.63) is 30.2 Å². The largest absolute Gasteiger partial charge is 0.497 e. The molecule has 1 aromatic heterocycles.